The molecule has 0 saturated carbocycles. The van der Waals surface area contributed by atoms with Crippen molar-refractivity contribution in [2.75, 3.05) is 0 Å². The largest absolute Gasteiger partial charge is 0.332 e. The topological polar surface area (TPSA) is 46.9 Å². The van der Waals surface area contributed by atoms with E-state index in [1.54, 1.807) is 12.4 Å². The number of allylic oxidation sites excluding steroid dienone is 1. The van der Waals surface area contributed by atoms with Gasteiger partial charge in [-0.25, -0.2) is 9.78 Å². The molecular formula is C11H15N3O. The van der Waals surface area contributed by atoms with Crippen molar-refractivity contribution < 1.29 is 4.79 Å². The molecule has 15 heavy (non-hydrogen) atoms. The van der Waals surface area contributed by atoms with Crippen LogP contribution in [-0.4, -0.2) is 21.1 Å². The molecule has 0 aromatic carbocycles. The number of nitrogens with zero attached hydrogens (tertiary/aromatic N) is 2. The minimum absolute atomic E-state index is 0.106. The Morgan fingerprint density at radius 2 is 2.40 bits per heavy atom. The van der Waals surface area contributed by atoms with Crippen LogP contribution in [0.5, 0.6) is 0 Å². The van der Waals surface area contributed by atoms with Crippen LogP contribution in [0.3, 0.4) is 0 Å². The summed E-state index contributed by atoms with van der Waals surface area (Å²) >= 11 is 0. The first-order valence-corrected chi connectivity index (χ1v) is 5.15. The minimum Gasteiger partial charge on any atom is -0.332 e. The lowest BCUT2D eigenvalue weighted by Crippen LogP contribution is -2.47. The summed E-state index contributed by atoms with van der Waals surface area (Å²) in [5.74, 6) is 0. The van der Waals surface area contributed by atoms with Crippen LogP contribution in [-0.2, 0) is 0 Å². The third-order valence-corrected chi connectivity index (χ3v) is 2.75. The third kappa shape index (κ3) is 2.26. The fourth-order valence-electron chi connectivity index (χ4n) is 1.78. The van der Waals surface area contributed by atoms with Crippen LogP contribution in [0.4, 0.5) is 4.79 Å². The van der Waals surface area contributed by atoms with Gasteiger partial charge in [-0.1, -0.05) is 12.2 Å². The van der Waals surface area contributed by atoms with Crippen molar-refractivity contribution in [2.45, 2.75) is 31.7 Å². The summed E-state index contributed by atoms with van der Waals surface area (Å²) in [6, 6.07) is -0.106. The van der Waals surface area contributed by atoms with Crippen LogP contribution >= 0.6 is 0 Å². The van der Waals surface area contributed by atoms with Crippen molar-refractivity contribution in [3.05, 3.63) is 30.9 Å². The van der Waals surface area contributed by atoms with Gasteiger partial charge in [0.25, 0.3) is 0 Å². The van der Waals surface area contributed by atoms with E-state index in [9.17, 15) is 4.79 Å². The van der Waals surface area contributed by atoms with Crippen molar-refractivity contribution >= 4 is 6.03 Å². The molecule has 1 heterocycles. The number of imidazole rings is 1. The van der Waals surface area contributed by atoms with Crippen LogP contribution in [0.25, 0.3) is 0 Å². The Balaban J connectivity index is 2.02. The third-order valence-electron chi connectivity index (χ3n) is 2.75. The standard InChI is InChI=1S/C11H15N3O/c1-11(5-3-2-4-6-11)13-10(15)14-8-7-12-9-14/h2-3,7-9H,4-6H2,1H3,(H,13,15). The maximum atomic E-state index is 11.8. The highest BCUT2D eigenvalue weighted by molar-refractivity contribution is 5.77. The number of amides is 1. The molecule has 0 fully saturated rings. The van der Waals surface area contributed by atoms with Gasteiger partial charge < -0.3 is 5.32 Å². The fourth-order valence-corrected chi connectivity index (χ4v) is 1.78. The molecule has 1 N–H and O–H groups in total. The zero-order valence-corrected chi connectivity index (χ0v) is 8.81. The lowest BCUT2D eigenvalue weighted by Gasteiger charge is -2.31. The Bertz CT molecular complexity index is 369. The summed E-state index contributed by atoms with van der Waals surface area (Å²) in [5.41, 5.74) is -0.115. The molecule has 80 valence electrons. The molecule has 0 bridgehead atoms. The van der Waals surface area contributed by atoms with Gasteiger partial charge in [-0.05, 0) is 26.2 Å². The summed E-state index contributed by atoms with van der Waals surface area (Å²) in [5, 5.41) is 3.03. The minimum atomic E-state index is -0.115. The van der Waals surface area contributed by atoms with E-state index in [0.717, 1.165) is 19.3 Å². The maximum Gasteiger partial charge on any atom is 0.327 e. The van der Waals surface area contributed by atoms with Gasteiger partial charge in [-0.2, -0.15) is 0 Å². The van der Waals surface area contributed by atoms with Gasteiger partial charge in [0.15, 0.2) is 0 Å². The molecule has 4 nitrogen and oxygen atoms in total. The lowest BCUT2D eigenvalue weighted by molar-refractivity contribution is 0.225. The van der Waals surface area contributed by atoms with E-state index in [-0.39, 0.29) is 11.6 Å². The summed E-state index contributed by atoms with van der Waals surface area (Å²) in [4.78, 5) is 15.6. The van der Waals surface area contributed by atoms with E-state index < -0.39 is 0 Å². The second-order valence-corrected chi connectivity index (χ2v) is 4.17. The predicted molar refractivity (Wildman–Crippen MR) is 57.6 cm³/mol. The van der Waals surface area contributed by atoms with Crippen LogP contribution in [0.1, 0.15) is 26.2 Å². The highest BCUT2D eigenvalue weighted by Crippen LogP contribution is 2.22. The van der Waals surface area contributed by atoms with Crippen LogP contribution in [0.2, 0.25) is 0 Å². The van der Waals surface area contributed by atoms with Crippen molar-refractivity contribution in [3.8, 4) is 0 Å². The molecule has 4 heteroatoms. The van der Waals surface area contributed by atoms with E-state index >= 15 is 0 Å². The number of hydrogen-bond donors (Lipinski definition) is 1. The number of rotatable bonds is 1. The lowest BCUT2D eigenvalue weighted by atomic mass is 9.88. The normalized spacial score (nSPS) is 25.1. The van der Waals surface area contributed by atoms with E-state index in [2.05, 4.69) is 29.4 Å². The molecule has 1 aliphatic rings. The predicted octanol–water partition coefficient (Wildman–Crippen LogP) is 1.94. The number of carbonyl (C=O) groups excluding carboxylic acids is 1. The van der Waals surface area contributed by atoms with Crippen molar-refractivity contribution in [3.63, 3.8) is 0 Å². The van der Waals surface area contributed by atoms with Gasteiger partial charge in [-0.15, -0.1) is 0 Å². The monoisotopic (exact) mass is 205 g/mol. The van der Waals surface area contributed by atoms with Crippen molar-refractivity contribution in [1.29, 1.82) is 0 Å². The van der Waals surface area contributed by atoms with Gasteiger partial charge >= 0.3 is 6.03 Å². The second-order valence-electron chi connectivity index (χ2n) is 4.17. The van der Waals surface area contributed by atoms with Gasteiger partial charge in [-0.3, -0.25) is 4.57 Å². The maximum absolute atomic E-state index is 11.8. The number of carbonyl (C=O) groups is 1. The van der Waals surface area contributed by atoms with Crippen LogP contribution < -0.4 is 5.32 Å². The molecule has 1 unspecified atom stereocenters. The summed E-state index contributed by atoms with van der Waals surface area (Å²) in [6.45, 7) is 2.07. The van der Waals surface area contributed by atoms with Crippen molar-refractivity contribution in [1.82, 2.24) is 14.9 Å². The van der Waals surface area contributed by atoms with Gasteiger partial charge in [0, 0.05) is 17.9 Å². The van der Waals surface area contributed by atoms with Crippen LogP contribution in [0, 0.1) is 0 Å². The first kappa shape index (κ1) is 9.96. The second kappa shape index (κ2) is 3.88. The van der Waals surface area contributed by atoms with E-state index in [4.69, 9.17) is 0 Å². The molecule has 1 atom stereocenters. The Kier molecular flexibility index (Phi) is 2.58. The molecule has 1 amide bonds. The Hall–Kier alpha value is -1.58. The highest BCUT2D eigenvalue weighted by atomic mass is 16.2. The van der Waals surface area contributed by atoms with E-state index in [1.165, 1.54) is 10.9 Å². The molecule has 2 rings (SSSR count). The van der Waals surface area contributed by atoms with Crippen LogP contribution in [0.15, 0.2) is 30.9 Å². The number of aromatic nitrogens is 2. The molecule has 1 aliphatic carbocycles. The number of nitrogens with one attached hydrogen (secondary N) is 1. The average molecular weight is 205 g/mol. The zero-order chi connectivity index (χ0) is 10.7. The zero-order valence-electron chi connectivity index (χ0n) is 8.81. The SMILES string of the molecule is CC1(NC(=O)n2ccnc2)CC=CCC1. The summed E-state index contributed by atoms with van der Waals surface area (Å²) in [7, 11) is 0. The average Bonchev–Trinajstić information content (AvgIpc) is 2.70. The molecular weight excluding hydrogens is 190 g/mol. The van der Waals surface area contributed by atoms with E-state index in [0.29, 0.717) is 0 Å². The smallest absolute Gasteiger partial charge is 0.327 e. The Labute approximate surface area is 89.0 Å². The first-order valence-electron chi connectivity index (χ1n) is 5.15. The highest BCUT2D eigenvalue weighted by Gasteiger charge is 2.26. The molecule has 1 aromatic heterocycles. The quantitative estimate of drug-likeness (QED) is 0.712. The van der Waals surface area contributed by atoms with Gasteiger partial charge in [0.2, 0.25) is 0 Å². The first-order chi connectivity index (χ1) is 7.20. The summed E-state index contributed by atoms with van der Waals surface area (Å²) < 4.78 is 1.46. The Morgan fingerprint density at radius 3 is 3.00 bits per heavy atom. The number of hydrogen-bond acceptors (Lipinski definition) is 2. The molecule has 0 aliphatic heterocycles. The van der Waals surface area contributed by atoms with Crippen molar-refractivity contribution in [2.24, 2.45) is 0 Å². The molecule has 1 aromatic rings. The molecule has 0 radical (unpaired) electrons. The van der Waals surface area contributed by atoms with Gasteiger partial charge in [0.05, 0.1) is 0 Å². The van der Waals surface area contributed by atoms with E-state index in [1.807, 2.05) is 0 Å². The fraction of sp³-hybridized carbons (Fsp3) is 0.455. The summed E-state index contributed by atoms with van der Waals surface area (Å²) in [6.07, 6.45) is 12.0. The van der Waals surface area contributed by atoms with Gasteiger partial charge in [0.1, 0.15) is 6.33 Å². The molecule has 0 saturated heterocycles. The Morgan fingerprint density at radius 1 is 1.53 bits per heavy atom. The molecule has 0 spiro atoms.